The van der Waals surface area contributed by atoms with E-state index in [2.05, 4.69) is 209 Å². The van der Waals surface area contributed by atoms with Crippen molar-refractivity contribution in [1.82, 2.24) is 14.7 Å². The Morgan fingerprint density at radius 2 is 0.822 bits per heavy atom. The molecule has 8 heterocycles. The molecule has 2 unspecified atom stereocenters. The fourth-order valence-corrected chi connectivity index (χ4v) is 12.7. The zero-order valence-electron chi connectivity index (χ0n) is 56.6. The van der Waals surface area contributed by atoms with Crippen LogP contribution >= 0.6 is 15.9 Å². The lowest BCUT2D eigenvalue weighted by atomic mass is 9.83. The zero-order chi connectivity index (χ0) is 70.8. The van der Waals surface area contributed by atoms with E-state index in [-0.39, 0.29) is 62.7 Å². The van der Waals surface area contributed by atoms with E-state index in [4.69, 9.17) is 27.6 Å². The van der Waals surface area contributed by atoms with Crippen molar-refractivity contribution in [1.29, 1.82) is 5.26 Å². The summed E-state index contributed by atoms with van der Waals surface area (Å²) in [6.45, 7) is 14.5. The Morgan fingerprint density at radius 1 is 0.495 bits per heavy atom. The molecule has 4 bridgehead atoms. The third-order valence-corrected chi connectivity index (χ3v) is 17.3. The van der Waals surface area contributed by atoms with E-state index >= 15 is 0 Å². The lowest BCUT2D eigenvalue weighted by Crippen LogP contribution is -2.65. The van der Waals surface area contributed by atoms with Gasteiger partial charge in [0, 0.05) is 91.3 Å². The highest BCUT2D eigenvalue weighted by Gasteiger charge is 2.48. The Kier molecular flexibility index (Phi) is 43.1. The quantitative estimate of drug-likeness (QED) is 0.0566. The number of alkyl halides is 1. The third-order valence-electron chi connectivity index (χ3n) is 16.9. The number of ether oxygens (including phenoxy) is 2. The molecule has 8 aliphatic heterocycles. The van der Waals surface area contributed by atoms with Crippen LogP contribution in [-0.4, -0.2) is 121 Å². The number of carbonyl (C=O) groups excluding carboxylic acids is 2. The molecule has 8 fully saturated rings. The van der Waals surface area contributed by atoms with Crippen LogP contribution in [0.3, 0.4) is 0 Å². The average molecular weight is 1410 g/mol. The molecular weight excluding hydrogens is 1320 g/mol. The normalized spacial score (nSPS) is 18.9. The molecule has 9 nitrogen and oxygen atoms in total. The second-order valence-electron chi connectivity index (χ2n) is 23.4. The molecule has 514 valence electrons. The van der Waals surface area contributed by atoms with Gasteiger partial charge in [-0.25, -0.2) is 18.4 Å². The van der Waals surface area contributed by atoms with Gasteiger partial charge in [0.25, 0.3) is 0 Å². The van der Waals surface area contributed by atoms with Crippen LogP contribution in [0.1, 0.15) is 127 Å². The maximum Gasteiger partial charge on any atom is 0.328 e. The summed E-state index contributed by atoms with van der Waals surface area (Å²) in [6.07, 6.45) is 28.2. The zero-order valence-corrected chi connectivity index (χ0v) is 58.1. The molecule has 8 saturated heterocycles. The number of hydrogen-bond acceptors (Lipinski definition) is 8. The first kappa shape index (κ1) is 84.6. The van der Waals surface area contributed by atoms with Crippen molar-refractivity contribution in [2.45, 2.75) is 130 Å². The average Bonchev–Trinajstić information content (AvgIpc) is 0.776. The lowest BCUT2D eigenvalue weighted by Gasteiger charge is -2.52. The van der Waals surface area contributed by atoms with Gasteiger partial charge in [-0.3, -0.25) is 14.7 Å². The molecule has 0 amide bonds. The third kappa shape index (κ3) is 32.7. The van der Waals surface area contributed by atoms with E-state index in [1.165, 1.54) is 81.8 Å². The minimum atomic E-state index is -0.297. The summed E-state index contributed by atoms with van der Waals surface area (Å²) in [6, 6.07) is 35.0. The number of likely N-dealkylation sites (tertiary alicyclic amines) is 2. The molecule has 12 rings (SSSR count). The fourth-order valence-electron chi connectivity index (χ4n) is 12.2. The molecule has 101 heavy (non-hydrogen) atoms. The van der Waals surface area contributed by atoms with Crippen LogP contribution in [-0.2, 0) is 31.9 Å². The van der Waals surface area contributed by atoms with Crippen LogP contribution in [0.5, 0.6) is 0 Å². The number of nitrogens with zero attached hydrogens (tertiary/aromatic N) is 5. The van der Waals surface area contributed by atoms with Gasteiger partial charge in [-0.1, -0.05) is 129 Å². The molecule has 0 spiro atoms. The van der Waals surface area contributed by atoms with Crippen LogP contribution in [0, 0.1) is 202 Å². The fraction of sp³-hybridized carbons (Fsp3) is 0.382. The van der Waals surface area contributed by atoms with Gasteiger partial charge in [-0.2, -0.15) is 5.26 Å². The van der Waals surface area contributed by atoms with Crippen LogP contribution < -0.4 is 0 Å². The molecule has 12 heteroatoms. The number of piperidine rings is 8. The van der Waals surface area contributed by atoms with Crippen molar-refractivity contribution in [3.63, 3.8) is 0 Å². The number of nitriles is 1. The molecule has 0 aliphatic carbocycles. The first-order valence-corrected chi connectivity index (χ1v) is 34.3. The van der Waals surface area contributed by atoms with Crippen molar-refractivity contribution in [3.05, 3.63) is 143 Å². The SMILES string of the molecule is C.C.C#CC.C#CC#CC#CC#CC#CC#CC#CC#CC#CC#CC#CC#CC#C.CC#N.Fc1ccc(CCBr)cc1.O=C(O[C@H]1CN2CCC1CC2)C(c1ccccc1)N1CCCCC1.O=C(O[C@H]1C[N+]2(CCc3ccc(F)cc3)CCC1CC2)C(c1ccccc1)N1CCCCC1. The number of quaternary nitrogens is 1. The van der Waals surface area contributed by atoms with Crippen molar-refractivity contribution in [2.75, 3.05) is 77.3 Å². The van der Waals surface area contributed by atoms with Gasteiger partial charge in [0.1, 0.15) is 36.4 Å². The van der Waals surface area contributed by atoms with E-state index in [9.17, 15) is 18.4 Å². The van der Waals surface area contributed by atoms with Crippen molar-refractivity contribution in [2.24, 2.45) is 11.8 Å². The number of esters is 2. The largest absolute Gasteiger partial charge is 0.459 e. The van der Waals surface area contributed by atoms with Crippen LogP contribution in [0.2, 0.25) is 0 Å². The predicted molar refractivity (Wildman–Crippen MR) is 407 cm³/mol. The van der Waals surface area contributed by atoms with Crippen LogP contribution in [0.4, 0.5) is 8.78 Å². The monoisotopic (exact) mass is 1410 g/mol. The molecule has 8 aliphatic rings. The highest BCUT2D eigenvalue weighted by molar-refractivity contribution is 9.09. The Balaban J connectivity index is 0.000000355. The summed E-state index contributed by atoms with van der Waals surface area (Å²) in [4.78, 5) is 33.8. The summed E-state index contributed by atoms with van der Waals surface area (Å²) in [5.74, 6) is 61.0. The Morgan fingerprint density at radius 3 is 1.15 bits per heavy atom. The number of aryl methyl sites for hydroxylation is 1. The van der Waals surface area contributed by atoms with Gasteiger partial charge in [0.05, 0.1) is 25.7 Å². The maximum atomic E-state index is 13.6. The molecule has 4 atom stereocenters. The lowest BCUT2D eigenvalue weighted by molar-refractivity contribution is -0.946. The molecule has 0 aromatic heterocycles. The second-order valence-corrected chi connectivity index (χ2v) is 24.2. The first-order chi connectivity index (χ1) is 48.5. The van der Waals surface area contributed by atoms with Crippen molar-refractivity contribution >= 4 is 27.9 Å². The molecule has 0 radical (unpaired) electrons. The smallest absolute Gasteiger partial charge is 0.328 e. The van der Waals surface area contributed by atoms with Crippen LogP contribution in [0.15, 0.2) is 109 Å². The van der Waals surface area contributed by atoms with Gasteiger partial charge < -0.3 is 14.0 Å². The number of benzene rings is 4. The second kappa shape index (κ2) is 51.5. The predicted octanol–water partition coefficient (Wildman–Crippen LogP) is 13.1. The number of rotatable bonds is 13. The number of fused-ring (bicyclic) bond motifs is 6. The van der Waals surface area contributed by atoms with E-state index in [1.807, 2.05) is 48.5 Å². The minimum Gasteiger partial charge on any atom is -0.459 e. The van der Waals surface area contributed by atoms with E-state index in [0.717, 1.165) is 118 Å². The molecule has 0 N–H and O–H groups in total. The highest BCUT2D eigenvalue weighted by atomic mass is 79.9. The summed E-state index contributed by atoms with van der Waals surface area (Å²) in [5, 5.41) is 8.25. The Bertz CT molecular complexity index is 4050. The maximum absolute atomic E-state index is 13.6. The summed E-state index contributed by atoms with van der Waals surface area (Å²) >= 11 is 3.31. The summed E-state index contributed by atoms with van der Waals surface area (Å²) < 4.78 is 39.0. The standard InChI is InChI=1S/C28H36FN2O2.C26H2.C20H28N2O2.C8H8BrF.C3H4.C2H3N.2CH4/c29-25-11-9-22(10-12-25)13-18-31-19-14-23(15-20-31)26(21-31)33-28(32)27(24-7-3-1-4-8-24)30-16-5-2-6-17-30;1-3-5-7-9-11-13-15-17-19-21-23-25-26-24-22-20-18-16-14-12-10-8-6-4-2;23-20(24-18-15-21-13-9-16(18)10-14-21)19(17-7-3-1-4-8-17)22-11-5-2-6-12-22;9-6-5-7-1-3-8(10)4-2-7;1-3-2;1-2-3;;/h1,3-4,7-12,23,26-27H,2,5-6,13-21H2;1-2H;1,3-4,7-8,16,18-19H,2,5-6,9-15H2;1-4H,5-6H2;1H,2H3;1H3;2*1H4/q+1;;;;;;;/t23?,26-,27?,31?;;18-,19?;;;;;/m0.0...../s1. The number of hydrogen-bond donors (Lipinski definition) is 0. The Hall–Kier alpha value is -10.7. The van der Waals surface area contributed by atoms with Gasteiger partial charge in [-0.15, -0.1) is 25.2 Å². The van der Waals surface area contributed by atoms with Crippen LogP contribution in [0.25, 0.3) is 0 Å². The molecule has 4 aromatic rings. The number of carbonyl (C=O) groups is 2. The highest BCUT2D eigenvalue weighted by Crippen LogP contribution is 2.38. The topological polar surface area (TPSA) is 86.1 Å². The summed E-state index contributed by atoms with van der Waals surface area (Å²) in [7, 11) is 0. The van der Waals surface area contributed by atoms with Gasteiger partial charge in [0.15, 0.2) is 6.10 Å². The van der Waals surface area contributed by atoms with Gasteiger partial charge in [-0.05, 0) is 238 Å². The van der Waals surface area contributed by atoms with Crippen molar-refractivity contribution < 1.29 is 32.3 Å². The van der Waals surface area contributed by atoms with E-state index < -0.39 is 0 Å². The first-order valence-electron chi connectivity index (χ1n) is 33.2. The number of halogens is 3. The number of terminal acetylenes is 3. The van der Waals surface area contributed by atoms with Gasteiger partial charge >= 0.3 is 11.9 Å². The molecular formula is C89H89BrF2N5O4+. The van der Waals surface area contributed by atoms with Gasteiger partial charge in [0.2, 0.25) is 0 Å². The van der Waals surface area contributed by atoms with E-state index in [1.54, 1.807) is 37.3 Å². The summed E-state index contributed by atoms with van der Waals surface area (Å²) in [5.41, 5.74) is 4.47. The van der Waals surface area contributed by atoms with E-state index in [0.29, 0.717) is 11.8 Å². The molecule has 4 aromatic carbocycles. The van der Waals surface area contributed by atoms with Crippen molar-refractivity contribution in [3.8, 4) is 173 Å². The minimum absolute atomic E-state index is 0. The molecule has 0 saturated carbocycles. The Labute approximate surface area is 612 Å².